The van der Waals surface area contributed by atoms with Gasteiger partial charge in [0.1, 0.15) is 5.76 Å². The lowest BCUT2D eigenvalue weighted by atomic mass is 10.2. The Morgan fingerprint density at radius 1 is 1.73 bits per heavy atom. The van der Waals surface area contributed by atoms with Gasteiger partial charge in [-0.15, -0.1) is 0 Å². The van der Waals surface area contributed by atoms with E-state index in [1.54, 1.807) is 0 Å². The number of nitrogens with zero attached hydrogens (tertiary/aromatic N) is 1. The molecule has 0 saturated heterocycles. The van der Waals surface area contributed by atoms with Crippen molar-refractivity contribution in [3.63, 3.8) is 0 Å². The van der Waals surface area contributed by atoms with Crippen LogP contribution >= 0.6 is 0 Å². The predicted octanol–water partition coefficient (Wildman–Crippen LogP) is 1.40. The van der Waals surface area contributed by atoms with E-state index in [4.69, 9.17) is 4.52 Å². The minimum atomic E-state index is -0.152. The molecule has 1 aromatic heterocycles. The van der Waals surface area contributed by atoms with Crippen LogP contribution in [0.5, 0.6) is 0 Å². The van der Waals surface area contributed by atoms with E-state index in [-0.39, 0.29) is 5.91 Å². The molecule has 2 rings (SSSR count). The Hall–Kier alpha value is -1.58. The third-order valence-electron chi connectivity index (χ3n) is 2.42. The number of carbonyl (C=O) groups excluding carboxylic acids is 1. The van der Waals surface area contributed by atoms with Gasteiger partial charge in [-0.2, -0.15) is 0 Å². The quantitative estimate of drug-likeness (QED) is 0.741. The molecule has 1 amide bonds. The molecule has 4 nitrogen and oxygen atoms in total. The summed E-state index contributed by atoms with van der Waals surface area (Å²) in [6, 6.07) is 1.98. The van der Waals surface area contributed by atoms with Crippen molar-refractivity contribution in [2.75, 3.05) is 6.54 Å². The lowest BCUT2D eigenvalue weighted by molar-refractivity contribution is -0.116. The van der Waals surface area contributed by atoms with Gasteiger partial charge in [-0.25, -0.2) is 0 Å². The van der Waals surface area contributed by atoms with Gasteiger partial charge < -0.3 is 9.84 Å². The molecule has 0 bridgehead atoms. The highest BCUT2D eigenvalue weighted by Crippen LogP contribution is 2.40. The summed E-state index contributed by atoms with van der Waals surface area (Å²) in [5.41, 5.74) is 0.904. The van der Waals surface area contributed by atoms with Crippen molar-refractivity contribution >= 4 is 5.91 Å². The lowest BCUT2D eigenvalue weighted by Crippen LogP contribution is -2.23. The molecule has 0 unspecified atom stereocenters. The van der Waals surface area contributed by atoms with Gasteiger partial charge >= 0.3 is 0 Å². The molecule has 0 spiro atoms. The van der Waals surface area contributed by atoms with Crippen LogP contribution in [-0.4, -0.2) is 17.6 Å². The Balaban J connectivity index is 1.77. The molecule has 1 aliphatic rings. The first-order valence-electron chi connectivity index (χ1n) is 5.15. The fourth-order valence-corrected chi connectivity index (χ4v) is 1.39. The zero-order valence-corrected chi connectivity index (χ0v) is 8.53. The van der Waals surface area contributed by atoms with Crippen molar-refractivity contribution in [1.29, 1.82) is 0 Å². The summed E-state index contributed by atoms with van der Waals surface area (Å²) in [5.74, 6) is 1.43. The molecule has 0 aliphatic heterocycles. The second-order valence-electron chi connectivity index (χ2n) is 3.74. The van der Waals surface area contributed by atoms with E-state index >= 15 is 0 Å². The summed E-state index contributed by atoms with van der Waals surface area (Å²) < 4.78 is 5.19. The molecule has 0 aromatic carbocycles. The Labute approximate surface area is 88.3 Å². The topological polar surface area (TPSA) is 55.1 Å². The van der Waals surface area contributed by atoms with Crippen LogP contribution in [0.1, 0.15) is 30.2 Å². The molecule has 0 atom stereocenters. The Morgan fingerprint density at radius 2 is 2.53 bits per heavy atom. The maximum Gasteiger partial charge on any atom is 0.243 e. The largest absolute Gasteiger partial charge is 0.361 e. The molecule has 1 N–H and O–H groups in total. The fourth-order valence-electron chi connectivity index (χ4n) is 1.39. The van der Waals surface area contributed by atoms with E-state index < -0.39 is 0 Å². The van der Waals surface area contributed by atoms with E-state index in [0.717, 1.165) is 11.5 Å². The SMILES string of the molecule is C=CC(=O)NCCc1cc(C2CC2)on1. The zero-order valence-electron chi connectivity index (χ0n) is 8.53. The van der Waals surface area contributed by atoms with E-state index in [2.05, 4.69) is 17.1 Å². The smallest absolute Gasteiger partial charge is 0.243 e. The van der Waals surface area contributed by atoms with E-state index in [0.29, 0.717) is 18.9 Å². The summed E-state index contributed by atoms with van der Waals surface area (Å²) in [4.78, 5) is 10.9. The highest BCUT2D eigenvalue weighted by Gasteiger charge is 2.27. The summed E-state index contributed by atoms with van der Waals surface area (Å²) in [5, 5.41) is 6.64. The molecule has 15 heavy (non-hydrogen) atoms. The minimum Gasteiger partial charge on any atom is -0.361 e. The van der Waals surface area contributed by atoms with E-state index in [1.807, 2.05) is 6.07 Å². The van der Waals surface area contributed by atoms with Crippen LogP contribution in [0, 0.1) is 0 Å². The summed E-state index contributed by atoms with van der Waals surface area (Å²) in [6.07, 6.45) is 4.39. The van der Waals surface area contributed by atoms with E-state index in [9.17, 15) is 4.79 Å². The van der Waals surface area contributed by atoms with Gasteiger partial charge in [0.15, 0.2) is 0 Å². The number of nitrogens with one attached hydrogen (secondary N) is 1. The lowest BCUT2D eigenvalue weighted by Gasteiger charge is -1.97. The third kappa shape index (κ3) is 2.68. The Morgan fingerprint density at radius 3 is 3.20 bits per heavy atom. The number of aromatic nitrogens is 1. The average Bonchev–Trinajstić information content (AvgIpc) is 2.99. The van der Waals surface area contributed by atoms with Gasteiger partial charge in [0, 0.05) is 24.9 Å². The Kier molecular flexibility index (Phi) is 2.85. The van der Waals surface area contributed by atoms with Crippen LogP contribution in [0.4, 0.5) is 0 Å². The van der Waals surface area contributed by atoms with Crippen LogP contribution in [0.25, 0.3) is 0 Å². The molecule has 1 aromatic rings. The van der Waals surface area contributed by atoms with Crippen molar-refractivity contribution in [1.82, 2.24) is 10.5 Å². The van der Waals surface area contributed by atoms with Crippen LogP contribution in [0.15, 0.2) is 23.2 Å². The van der Waals surface area contributed by atoms with Crippen molar-refractivity contribution in [3.05, 3.63) is 30.2 Å². The van der Waals surface area contributed by atoms with Crippen LogP contribution < -0.4 is 5.32 Å². The fraction of sp³-hybridized carbons (Fsp3) is 0.455. The number of amides is 1. The third-order valence-corrected chi connectivity index (χ3v) is 2.42. The minimum absolute atomic E-state index is 0.152. The molecule has 1 aliphatic carbocycles. The first kappa shape index (κ1) is 9.96. The molecule has 1 saturated carbocycles. The van der Waals surface area contributed by atoms with E-state index in [1.165, 1.54) is 18.9 Å². The second kappa shape index (κ2) is 4.29. The standard InChI is InChI=1S/C11H14N2O2/c1-2-11(14)12-6-5-9-7-10(15-13-9)8-3-4-8/h2,7-8H,1,3-6H2,(H,12,14). The summed E-state index contributed by atoms with van der Waals surface area (Å²) in [7, 11) is 0. The molecular formula is C11H14N2O2. The van der Waals surface area contributed by atoms with Crippen molar-refractivity contribution in [2.24, 2.45) is 0 Å². The van der Waals surface area contributed by atoms with Crippen LogP contribution in [0.2, 0.25) is 0 Å². The summed E-state index contributed by atoms with van der Waals surface area (Å²) in [6.45, 7) is 3.95. The number of hydrogen-bond donors (Lipinski definition) is 1. The van der Waals surface area contributed by atoms with Gasteiger partial charge in [-0.05, 0) is 18.9 Å². The van der Waals surface area contributed by atoms with Gasteiger partial charge in [0.25, 0.3) is 0 Å². The molecule has 1 heterocycles. The molecular weight excluding hydrogens is 192 g/mol. The molecule has 0 radical (unpaired) electrons. The van der Waals surface area contributed by atoms with Gasteiger partial charge in [-0.1, -0.05) is 11.7 Å². The second-order valence-corrected chi connectivity index (χ2v) is 3.74. The number of hydrogen-bond acceptors (Lipinski definition) is 3. The van der Waals surface area contributed by atoms with Crippen molar-refractivity contribution < 1.29 is 9.32 Å². The van der Waals surface area contributed by atoms with Gasteiger partial charge in [0.2, 0.25) is 5.91 Å². The van der Waals surface area contributed by atoms with Crippen LogP contribution in [0.3, 0.4) is 0 Å². The van der Waals surface area contributed by atoms with Crippen molar-refractivity contribution in [2.45, 2.75) is 25.2 Å². The molecule has 80 valence electrons. The van der Waals surface area contributed by atoms with Gasteiger partial charge in [0.05, 0.1) is 5.69 Å². The zero-order chi connectivity index (χ0) is 10.7. The van der Waals surface area contributed by atoms with Gasteiger partial charge in [-0.3, -0.25) is 4.79 Å². The highest BCUT2D eigenvalue weighted by molar-refractivity contribution is 5.86. The average molecular weight is 206 g/mol. The first-order valence-corrected chi connectivity index (χ1v) is 5.15. The number of carbonyl (C=O) groups is 1. The summed E-state index contributed by atoms with van der Waals surface area (Å²) >= 11 is 0. The monoisotopic (exact) mass is 206 g/mol. The maximum absolute atomic E-state index is 10.9. The predicted molar refractivity (Wildman–Crippen MR) is 55.4 cm³/mol. The van der Waals surface area contributed by atoms with Crippen molar-refractivity contribution in [3.8, 4) is 0 Å². The maximum atomic E-state index is 10.9. The normalized spacial score (nSPS) is 14.9. The molecule has 4 heteroatoms. The molecule has 1 fully saturated rings. The van der Waals surface area contributed by atoms with Crippen LogP contribution in [-0.2, 0) is 11.2 Å². The highest BCUT2D eigenvalue weighted by atomic mass is 16.5. The number of rotatable bonds is 5. The first-order chi connectivity index (χ1) is 7.29. The Bertz CT molecular complexity index is 366.